The Labute approximate surface area is 141 Å². The lowest BCUT2D eigenvalue weighted by molar-refractivity contribution is -0.119. The van der Waals surface area contributed by atoms with E-state index in [1.807, 2.05) is 43.3 Å². The van der Waals surface area contributed by atoms with Crippen molar-refractivity contribution in [2.24, 2.45) is 5.73 Å². The highest BCUT2D eigenvalue weighted by Gasteiger charge is 2.07. The van der Waals surface area contributed by atoms with Crippen LogP contribution in [0.1, 0.15) is 12.5 Å². The van der Waals surface area contributed by atoms with Gasteiger partial charge in [0.25, 0.3) is 5.91 Å². The van der Waals surface area contributed by atoms with Gasteiger partial charge in [-0.1, -0.05) is 6.07 Å². The summed E-state index contributed by atoms with van der Waals surface area (Å²) in [5, 5.41) is 3.33. The van der Waals surface area contributed by atoms with Crippen LogP contribution in [0.15, 0.2) is 42.5 Å². The van der Waals surface area contributed by atoms with Crippen molar-refractivity contribution in [3.05, 3.63) is 48.0 Å². The summed E-state index contributed by atoms with van der Waals surface area (Å²) in [5.74, 6) is 1.36. The molecule has 0 spiro atoms. The molecule has 2 aromatic carbocycles. The molecule has 0 aliphatic rings. The third-order valence-electron chi connectivity index (χ3n) is 3.26. The molecule has 6 heteroatoms. The standard InChI is InChI=1S/C18H22N2O4/c1-3-23-15-7-5-14(6-8-15)20-11-13-4-9-16(17(10-13)22-2)24-12-18(19)21/h4-10,20H,3,11-12H2,1-2H3,(H2,19,21). The minimum Gasteiger partial charge on any atom is -0.494 e. The summed E-state index contributed by atoms with van der Waals surface area (Å²) >= 11 is 0. The van der Waals surface area contributed by atoms with Crippen molar-refractivity contribution in [3.63, 3.8) is 0 Å². The fourth-order valence-electron chi connectivity index (χ4n) is 2.13. The van der Waals surface area contributed by atoms with Crippen LogP contribution in [0.2, 0.25) is 0 Å². The van der Waals surface area contributed by atoms with Crippen molar-refractivity contribution >= 4 is 11.6 Å². The van der Waals surface area contributed by atoms with Crippen LogP contribution < -0.4 is 25.3 Å². The first-order valence-electron chi connectivity index (χ1n) is 7.67. The van der Waals surface area contributed by atoms with Crippen molar-refractivity contribution in [1.29, 1.82) is 0 Å². The molecule has 128 valence electrons. The van der Waals surface area contributed by atoms with E-state index < -0.39 is 5.91 Å². The molecular weight excluding hydrogens is 308 g/mol. The van der Waals surface area contributed by atoms with Crippen LogP contribution in [0.3, 0.4) is 0 Å². The van der Waals surface area contributed by atoms with E-state index in [0.29, 0.717) is 24.7 Å². The number of primary amides is 1. The van der Waals surface area contributed by atoms with E-state index in [9.17, 15) is 4.79 Å². The zero-order chi connectivity index (χ0) is 17.4. The minimum absolute atomic E-state index is 0.180. The summed E-state index contributed by atoms with van der Waals surface area (Å²) in [4.78, 5) is 10.8. The number of nitrogens with two attached hydrogens (primary N) is 1. The number of methoxy groups -OCH3 is 1. The first-order chi connectivity index (χ1) is 11.6. The first-order valence-corrected chi connectivity index (χ1v) is 7.67. The molecule has 24 heavy (non-hydrogen) atoms. The second kappa shape index (κ2) is 8.67. The third-order valence-corrected chi connectivity index (χ3v) is 3.26. The van der Waals surface area contributed by atoms with Crippen LogP contribution in [0, 0.1) is 0 Å². The number of carbonyl (C=O) groups excluding carboxylic acids is 1. The molecule has 0 fully saturated rings. The molecule has 0 saturated heterocycles. The maximum Gasteiger partial charge on any atom is 0.255 e. The van der Waals surface area contributed by atoms with E-state index >= 15 is 0 Å². The highest BCUT2D eigenvalue weighted by Crippen LogP contribution is 2.28. The van der Waals surface area contributed by atoms with E-state index in [2.05, 4.69) is 5.32 Å². The SMILES string of the molecule is CCOc1ccc(NCc2ccc(OCC(N)=O)c(OC)c2)cc1. The van der Waals surface area contributed by atoms with E-state index in [0.717, 1.165) is 17.0 Å². The van der Waals surface area contributed by atoms with E-state index in [4.69, 9.17) is 19.9 Å². The lowest BCUT2D eigenvalue weighted by atomic mass is 10.2. The Hall–Kier alpha value is -2.89. The third kappa shape index (κ3) is 5.08. The zero-order valence-electron chi connectivity index (χ0n) is 13.9. The van der Waals surface area contributed by atoms with Crippen molar-refractivity contribution in [3.8, 4) is 17.2 Å². The maximum absolute atomic E-state index is 10.8. The van der Waals surface area contributed by atoms with Gasteiger partial charge in [0.1, 0.15) is 5.75 Å². The van der Waals surface area contributed by atoms with Gasteiger partial charge < -0.3 is 25.3 Å². The number of hydrogen-bond donors (Lipinski definition) is 2. The Morgan fingerprint density at radius 2 is 1.83 bits per heavy atom. The van der Waals surface area contributed by atoms with Gasteiger partial charge in [-0.05, 0) is 48.9 Å². The highest BCUT2D eigenvalue weighted by molar-refractivity contribution is 5.75. The van der Waals surface area contributed by atoms with Crippen LogP contribution in [0.5, 0.6) is 17.2 Å². The second-order valence-corrected chi connectivity index (χ2v) is 5.05. The maximum atomic E-state index is 10.8. The molecule has 2 aromatic rings. The zero-order valence-corrected chi connectivity index (χ0v) is 13.9. The first kappa shape index (κ1) is 17.5. The smallest absolute Gasteiger partial charge is 0.255 e. The van der Waals surface area contributed by atoms with Gasteiger partial charge in [0.15, 0.2) is 18.1 Å². The summed E-state index contributed by atoms with van der Waals surface area (Å²) in [6.07, 6.45) is 0. The van der Waals surface area contributed by atoms with Gasteiger partial charge in [-0.3, -0.25) is 4.79 Å². The number of hydrogen-bond acceptors (Lipinski definition) is 5. The molecule has 0 heterocycles. The summed E-state index contributed by atoms with van der Waals surface area (Å²) in [7, 11) is 1.55. The van der Waals surface area contributed by atoms with Crippen molar-refractivity contribution in [2.45, 2.75) is 13.5 Å². The van der Waals surface area contributed by atoms with Gasteiger partial charge in [0.2, 0.25) is 0 Å². The quantitative estimate of drug-likeness (QED) is 0.738. The molecule has 0 unspecified atom stereocenters. The Morgan fingerprint density at radius 1 is 1.08 bits per heavy atom. The number of benzene rings is 2. The number of nitrogens with one attached hydrogen (secondary N) is 1. The Bertz CT molecular complexity index is 671. The molecule has 1 amide bonds. The second-order valence-electron chi connectivity index (χ2n) is 5.05. The van der Waals surface area contributed by atoms with Gasteiger partial charge in [-0.25, -0.2) is 0 Å². The Morgan fingerprint density at radius 3 is 2.46 bits per heavy atom. The number of ether oxygens (including phenoxy) is 3. The molecular formula is C18H22N2O4. The van der Waals surface area contributed by atoms with E-state index in [-0.39, 0.29) is 6.61 Å². The Kier molecular flexibility index (Phi) is 6.31. The number of amides is 1. The normalized spacial score (nSPS) is 10.1. The van der Waals surface area contributed by atoms with Gasteiger partial charge in [0, 0.05) is 12.2 Å². The summed E-state index contributed by atoms with van der Waals surface area (Å²) < 4.78 is 16.0. The van der Waals surface area contributed by atoms with Gasteiger partial charge >= 0.3 is 0 Å². The summed E-state index contributed by atoms with van der Waals surface area (Å²) in [5.41, 5.74) is 7.09. The molecule has 0 bridgehead atoms. The van der Waals surface area contributed by atoms with Crippen molar-refractivity contribution < 1.29 is 19.0 Å². The lowest BCUT2D eigenvalue weighted by Crippen LogP contribution is -2.20. The molecule has 0 saturated carbocycles. The highest BCUT2D eigenvalue weighted by atomic mass is 16.5. The predicted molar refractivity (Wildman–Crippen MR) is 92.6 cm³/mol. The van der Waals surface area contributed by atoms with Crippen LogP contribution >= 0.6 is 0 Å². The molecule has 0 aliphatic carbocycles. The van der Waals surface area contributed by atoms with Crippen LogP contribution in [-0.4, -0.2) is 26.2 Å². The van der Waals surface area contributed by atoms with E-state index in [1.165, 1.54) is 0 Å². The molecule has 3 N–H and O–H groups in total. The predicted octanol–water partition coefficient (Wildman–Crippen LogP) is 2.57. The lowest BCUT2D eigenvalue weighted by Gasteiger charge is -2.12. The van der Waals surface area contributed by atoms with Crippen LogP contribution in [-0.2, 0) is 11.3 Å². The average Bonchev–Trinajstić information content (AvgIpc) is 2.59. The number of rotatable bonds is 9. The fourth-order valence-corrected chi connectivity index (χ4v) is 2.13. The summed E-state index contributed by atoms with van der Waals surface area (Å²) in [6.45, 7) is 3.05. The van der Waals surface area contributed by atoms with E-state index in [1.54, 1.807) is 13.2 Å². The Balaban J connectivity index is 1.98. The van der Waals surface area contributed by atoms with Crippen molar-refractivity contribution in [2.75, 3.05) is 25.6 Å². The molecule has 0 aliphatic heterocycles. The fraction of sp³-hybridized carbons (Fsp3) is 0.278. The number of anilines is 1. The van der Waals surface area contributed by atoms with Gasteiger partial charge in [-0.2, -0.15) is 0 Å². The monoisotopic (exact) mass is 330 g/mol. The minimum atomic E-state index is -0.529. The molecule has 0 aromatic heterocycles. The molecule has 0 atom stereocenters. The number of carbonyl (C=O) groups is 1. The van der Waals surface area contributed by atoms with Crippen LogP contribution in [0.4, 0.5) is 5.69 Å². The average molecular weight is 330 g/mol. The molecule has 2 rings (SSSR count). The largest absolute Gasteiger partial charge is 0.494 e. The molecule has 0 radical (unpaired) electrons. The van der Waals surface area contributed by atoms with Gasteiger partial charge in [0.05, 0.1) is 13.7 Å². The van der Waals surface area contributed by atoms with Crippen LogP contribution in [0.25, 0.3) is 0 Å². The summed E-state index contributed by atoms with van der Waals surface area (Å²) in [6, 6.07) is 13.3. The molecule has 6 nitrogen and oxygen atoms in total. The van der Waals surface area contributed by atoms with Crippen molar-refractivity contribution in [1.82, 2.24) is 0 Å². The topological polar surface area (TPSA) is 82.8 Å². The van der Waals surface area contributed by atoms with Gasteiger partial charge in [-0.15, -0.1) is 0 Å².